The fraction of sp³-hybridized carbons (Fsp3) is 0.810. The molecule has 0 aromatic rings. The second-order valence-electron chi connectivity index (χ2n) is 8.36. The minimum Gasteiger partial charge on any atom is -0.341 e. The molecule has 2 rings (SSSR count). The normalized spacial score (nSPS) is 25.4. The molecule has 0 radical (unpaired) electrons. The molecule has 1 aliphatic heterocycles. The lowest BCUT2D eigenvalue weighted by molar-refractivity contribution is -0.131. The van der Waals surface area contributed by atoms with Crippen LogP contribution in [0.1, 0.15) is 78.1 Å². The van der Waals surface area contributed by atoms with Crippen molar-refractivity contribution < 1.29 is 18.0 Å². The van der Waals surface area contributed by atoms with Crippen LogP contribution in [0.2, 0.25) is 0 Å². The largest absolute Gasteiger partial charge is 0.341 e. The van der Waals surface area contributed by atoms with E-state index in [2.05, 4.69) is 23.5 Å². The third-order valence-corrected chi connectivity index (χ3v) is 7.69. The van der Waals surface area contributed by atoms with Gasteiger partial charge in [0.1, 0.15) is 5.54 Å². The molecule has 1 saturated carbocycles. The number of nitrogens with one attached hydrogen (secondary N) is 2. The molecule has 8 heteroatoms. The molecule has 0 aromatic heterocycles. The van der Waals surface area contributed by atoms with E-state index in [0.29, 0.717) is 25.9 Å². The van der Waals surface area contributed by atoms with E-state index in [1.807, 2.05) is 6.92 Å². The van der Waals surface area contributed by atoms with Crippen LogP contribution in [0.25, 0.3) is 0 Å². The topological polar surface area (TPSA) is 95.6 Å². The van der Waals surface area contributed by atoms with Gasteiger partial charge in [0.15, 0.2) is 0 Å². The van der Waals surface area contributed by atoms with Gasteiger partial charge >= 0.3 is 10.2 Å². The fourth-order valence-corrected chi connectivity index (χ4v) is 5.36. The third kappa shape index (κ3) is 6.04. The SMILES string of the molecule is C=C[C@@H]1C[C@]1(NC(=O)C(CC)CCCCCCC)C(=O)NS(=O)(=O)N1CCCC1. The Balaban J connectivity index is 1.97. The molecule has 3 atom stereocenters. The standard InChI is InChI=1S/C21H37N3O4S/c1-4-7-8-9-10-13-17(5-2)19(25)22-21(16-18(21)6-3)20(26)23-29(27,28)24-14-11-12-15-24/h6,17-18H,3-5,7-16H2,1-2H3,(H,22,25)(H,23,26)/t17?,18-,21-/m1/s1. The molecule has 1 aliphatic carbocycles. The molecule has 0 bridgehead atoms. The van der Waals surface area contributed by atoms with Gasteiger partial charge in [-0.05, 0) is 32.1 Å². The van der Waals surface area contributed by atoms with E-state index in [1.54, 1.807) is 6.08 Å². The van der Waals surface area contributed by atoms with Crippen molar-refractivity contribution in [2.45, 2.75) is 83.6 Å². The zero-order chi connectivity index (χ0) is 21.5. The smallest absolute Gasteiger partial charge is 0.303 e. The van der Waals surface area contributed by atoms with E-state index in [9.17, 15) is 18.0 Å². The minimum atomic E-state index is -3.87. The molecular formula is C21H37N3O4S. The van der Waals surface area contributed by atoms with Crippen molar-refractivity contribution in [1.29, 1.82) is 0 Å². The van der Waals surface area contributed by atoms with Crippen molar-refractivity contribution in [1.82, 2.24) is 14.3 Å². The summed E-state index contributed by atoms with van der Waals surface area (Å²) < 4.78 is 28.4. The lowest BCUT2D eigenvalue weighted by Gasteiger charge is -2.24. The van der Waals surface area contributed by atoms with Gasteiger partial charge < -0.3 is 5.32 Å². The molecule has 29 heavy (non-hydrogen) atoms. The monoisotopic (exact) mass is 427 g/mol. The highest BCUT2D eigenvalue weighted by atomic mass is 32.2. The Kier molecular flexibility index (Phi) is 8.70. The molecule has 2 aliphatic rings. The van der Waals surface area contributed by atoms with Gasteiger partial charge in [-0.3, -0.25) is 9.59 Å². The molecule has 0 aromatic carbocycles. The first-order valence-electron chi connectivity index (χ1n) is 11.1. The summed E-state index contributed by atoms with van der Waals surface area (Å²) in [7, 11) is -3.87. The highest BCUT2D eigenvalue weighted by Gasteiger charge is 2.60. The Morgan fingerprint density at radius 3 is 2.38 bits per heavy atom. The summed E-state index contributed by atoms with van der Waals surface area (Å²) in [5.41, 5.74) is -1.19. The molecule has 2 fully saturated rings. The number of rotatable bonds is 13. The quantitative estimate of drug-likeness (QED) is 0.349. The summed E-state index contributed by atoms with van der Waals surface area (Å²) in [6.07, 6.45) is 10.7. The first-order chi connectivity index (χ1) is 13.8. The van der Waals surface area contributed by atoms with Crippen LogP contribution in [-0.2, 0) is 19.8 Å². The summed E-state index contributed by atoms with van der Waals surface area (Å²) in [6.45, 7) is 8.71. The minimum absolute atomic E-state index is 0.164. The molecule has 1 unspecified atom stereocenters. The first-order valence-corrected chi connectivity index (χ1v) is 12.5. The number of carbonyl (C=O) groups excluding carboxylic acids is 2. The number of nitrogens with zero attached hydrogens (tertiary/aromatic N) is 1. The van der Waals surface area contributed by atoms with Gasteiger partial charge in [0.2, 0.25) is 5.91 Å². The van der Waals surface area contributed by atoms with Crippen molar-refractivity contribution >= 4 is 22.0 Å². The fourth-order valence-electron chi connectivity index (χ4n) is 4.07. The maximum atomic E-state index is 12.9. The lowest BCUT2D eigenvalue weighted by Crippen LogP contribution is -2.55. The maximum absolute atomic E-state index is 12.9. The van der Waals surface area contributed by atoms with Crippen LogP contribution in [0.15, 0.2) is 12.7 Å². The van der Waals surface area contributed by atoms with Crippen molar-refractivity contribution in [2.75, 3.05) is 13.1 Å². The van der Waals surface area contributed by atoms with E-state index >= 15 is 0 Å². The average molecular weight is 428 g/mol. The van der Waals surface area contributed by atoms with Gasteiger partial charge in [-0.25, -0.2) is 4.72 Å². The summed E-state index contributed by atoms with van der Waals surface area (Å²) >= 11 is 0. The number of hydrogen-bond donors (Lipinski definition) is 2. The van der Waals surface area contributed by atoms with Crippen LogP contribution in [-0.4, -0.2) is 43.2 Å². The average Bonchev–Trinajstić information content (AvgIpc) is 3.12. The van der Waals surface area contributed by atoms with Crippen molar-refractivity contribution in [2.24, 2.45) is 11.8 Å². The van der Waals surface area contributed by atoms with Crippen molar-refractivity contribution in [3.05, 3.63) is 12.7 Å². The Morgan fingerprint density at radius 1 is 1.17 bits per heavy atom. The number of hydrogen-bond acceptors (Lipinski definition) is 4. The van der Waals surface area contributed by atoms with E-state index in [-0.39, 0.29) is 17.7 Å². The Bertz CT molecular complexity index is 688. The zero-order valence-corrected chi connectivity index (χ0v) is 18.7. The lowest BCUT2D eigenvalue weighted by atomic mass is 9.96. The molecular weight excluding hydrogens is 390 g/mol. The number of unbranched alkanes of at least 4 members (excludes halogenated alkanes) is 4. The van der Waals surface area contributed by atoms with Gasteiger partial charge in [0.25, 0.3) is 5.91 Å². The van der Waals surface area contributed by atoms with Crippen LogP contribution >= 0.6 is 0 Å². The van der Waals surface area contributed by atoms with Crippen molar-refractivity contribution in [3.8, 4) is 0 Å². The van der Waals surface area contributed by atoms with Gasteiger partial charge in [0, 0.05) is 24.9 Å². The molecule has 2 amide bonds. The van der Waals surface area contributed by atoms with Crippen LogP contribution in [0.3, 0.4) is 0 Å². The summed E-state index contributed by atoms with van der Waals surface area (Å²) in [5, 5.41) is 2.88. The first kappa shape index (κ1) is 23.9. The number of amides is 2. The van der Waals surface area contributed by atoms with Crippen LogP contribution in [0, 0.1) is 11.8 Å². The van der Waals surface area contributed by atoms with E-state index in [1.165, 1.54) is 23.6 Å². The van der Waals surface area contributed by atoms with Gasteiger partial charge in [-0.2, -0.15) is 12.7 Å². The second kappa shape index (κ2) is 10.6. The predicted molar refractivity (Wildman–Crippen MR) is 114 cm³/mol. The van der Waals surface area contributed by atoms with Crippen molar-refractivity contribution in [3.63, 3.8) is 0 Å². The van der Waals surface area contributed by atoms with Gasteiger partial charge in [0.05, 0.1) is 0 Å². The van der Waals surface area contributed by atoms with Crippen LogP contribution in [0.5, 0.6) is 0 Å². The Morgan fingerprint density at radius 2 is 1.83 bits per heavy atom. The maximum Gasteiger partial charge on any atom is 0.303 e. The Hall–Kier alpha value is -1.41. The van der Waals surface area contributed by atoms with Crippen LogP contribution < -0.4 is 10.0 Å². The molecule has 0 spiro atoms. The number of carbonyl (C=O) groups is 2. The molecule has 7 nitrogen and oxygen atoms in total. The second-order valence-corrected chi connectivity index (χ2v) is 10.0. The highest BCUT2D eigenvalue weighted by Crippen LogP contribution is 2.45. The molecule has 2 N–H and O–H groups in total. The predicted octanol–water partition coefficient (Wildman–Crippen LogP) is 2.89. The zero-order valence-electron chi connectivity index (χ0n) is 17.9. The molecule has 1 heterocycles. The highest BCUT2D eigenvalue weighted by molar-refractivity contribution is 7.87. The summed E-state index contributed by atoms with van der Waals surface area (Å²) in [5.74, 6) is -1.23. The van der Waals surface area contributed by atoms with Gasteiger partial charge in [-0.1, -0.05) is 52.0 Å². The summed E-state index contributed by atoms with van der Waals surface area (Å²) in [6, 6.07) is 0. The van der Waals surface area contributed by atoms with E-state index < -0.39 is 21.7 Å². The molecule has 1 saturated heterocycles. The van der Waals surface area contributed by atoms with E-state index in [0.717, 1.165) is 32.1 Å². The third-order valence-electron chi connectivity index (χ3n) is 6.20. The van der Waals surface area contributed by atoms with Crippen LogP contribution in [0.4, 0.5) is 0 Å². The Labute approximate surface area is 175 Å². The summed E-state index contributed by atoms with van der Waals surface area (Å²) in [4.78, 5) is 25.7. The van der Waals surface area contributed by atoms with E-state index in [4.69, 9.17) is 0 Å². The van der Waals surface area contributed by atoms with Gasteiger partial charge in [-0.15, -0.1) is 6.58 Å². The molecule has 166 valence electrons.